The number of aliphatic hydroxyl groups excluding tert-OH is 1. The normalized spacial score (nSPS) is 17.9. The maximum absolute atomic E-state index is 12.7. The lowest BCUT2D eigenvalue weighted by molar-refractivity contribution is 0.185. The van der Waals surface area contributed by atoms with E-state index >= 15 is 0 Å². The number of rotatable bonds is 5. The van der Waals surface area contributed by atoms with E-state index in [1.807, 2.05) is 0 Å². The van der Waals surface area contributed by atoms with Gasteiger partial charge in [0.05, 0.1) is 23.7 Å². The Bertz CT molecular complexity index is 629. The van der Waals surface area contributed by atoms with Crippen LogP contribution in [0, 0.1) is 0 Å². The maximum Gasteiger partial charge on any atom is 0.244 e. The van der Waals surface area contributed by atoms with Crippen molar-refractivity contribution in [3.05, 3.63) is 21.6 Å². The van der Waals surface area contributed by atoms with Crippen molar-refractivity contribution in [2.24, 2.45) is 0 Å². The van der Waals surface area contributed by atoms with Gasteiger partial charge < -0.3 is 9.84 Å². The number of sulfonamides is 1. The van der Waals surface area contributed by atoms with E-state index in [1.165, 1.54) is 13.2 Å². The van der Waals surface area contributed by atoms with E-state index in [4.69, 9.17) is 16.3 Å². The van der Waals surface area contributed by atoms with E-state index in [2.05, 4.69) is 20.7 Å². The predicted molar refractivity (Wildman–Crippen MR) is 84.3 cm³/mol. The van der Waals surface area contributed by atoms with Crippen LogP contribution in [0.1, 0.15) is 25.7 Å². The monoisotopic (exact) mass is 397 g/mol. The van der Waals surface area contributed by atoms with Crippen LogP contribution in [-0.4, -0.2) is 32.8 Å². The first-order valence-electron chi connectivity index (χ1n) is 6.51. The Morgan fingerprint density at radius 2 is 2.05 bits per heavy atom. The van der Waals surface area contributed by atoms with Gasteiger partial charge in [0.15, 0.2) is 5.75 Å². The molecule has 0 atom stereocenters. The second kappa shape index (κ2) is 6.42. The van der Waals surface area contributed by atoms with Crippen LogP contribution in [0.15, 0.2) is 21.5 Å². The molecule has 1 aliphatic carbocycles. The van der Waals surface area contributed by atoms with Gasteiger partial charge in [0.1, 0.15) is 4.90 Å². The van der Waals surface area contributed by atoms with Gasteiger partial charge in [-0.2, -0.15) is 0 Å². The minimum atomic E-state index is -3.85. The van der Waals surface area contributed by atoms with Crippen molar-refractivity contribution in [2.75, 3.05) is 13.7 Å². The topological polar surface area (TPSA) is 75.6 Å². The third-order valence-electron chi connectivity index (χ3n) is 3.68. The van der Waals surface area contributed by atoms with Crippen LogP contribution in [-0.2, 0) is 10.0 Å². The van der Waals surface area contributed by atoms with Crippen molar-refractivity contribution in [1.29, 1.82) is 0 Å². The molecular weight excluding hydrogens is 382 g/mol. The van der Waals surface area contributed by atoms with Gasteiger partial charge in [-0.25, -0.2) is 13.1 Å². The average molecular weight is 399 g/mol. The summed E-state index contributed by atoms with van der Waals surface area (Å²) in [6, 6.07) is 2.91. The summed E-state index contributed by atoms with van der Waals surface area (Å²) in [5.41, 5.74) is -0.793. The van der Waals surface area contributed by atoms with Crippen LogP contribution >= 0.6 is 27.5 Å². The smallest absolute Gasteiger partial charge is 0.244 e. The molecule has 118 valence electrons. The molecule has 1 aromatic rings. The minimum Gasteiger partial charge on any atom is -0.494 e. The number of benzene rings is 1. The minimum absolute atomic E-state index is 0.0379. The first-order valence-corrected chi connectivity index (χ1v) is 9.17. The van der Waals surface area contributed by atoms with Crippen molar-refractivity contribution >= 4 is 37.6 Å². The molecule has 5 nitrogen and oxygen atoms in total. The van der Waals surface area contributed by atoms with Crippen LogP contribution in [0.2, 0.25) is 5.02 Å². The fraction of sp³-hybridized carbons (Fsp3) is 0.538. The van der Waals surface area contributed by atoms with Crippen molar-refractivity contribution < 1.29 is 18.3 Å². The SMILES string of the molecule is COc1c(Br)cc(Cl)cc1S(=O)(=O)NC1(CO)CCCC1. The van der Waals surface area contributed by atoms with Crippen molar-refractivity contribution in [3.8, 4) is 5.75 Å². The quantitative estimate of drug-likeness (QED) is 0.799. The molecule has 0 bridgehead atoms. The lowest BCUT2D eigenvalue weighted by Gasteiger charge is -2.28. The van der Waals surface area contributed by atoms with Gasteiger partial charge in [0, 0.05) is 5.02 Å². The Hall–Kier alpha value is -0.340. The molecule has 1 saturated carbocycles. The van der Waals surface area contributed by atoms with Gasteiger partial charge >= 0.3 is 0 Å². The third kappa shape index (κ3) is 3.53. The summed E-state index contributed by atoms with van der Waals surface area (Å²) >= 11 is 9.19. The van der Waals surface area contributed by atoms with Crippen LogP contribution in [0.3, 0.4) is 0 Å². The molecule has 0 unspecified atom stereocenters. The molecule has 0 aromatic heterocycles. The number of hydrogen-bond donors (Lipinski definition) is 2. The highest BCUT2D eigenvalue weighted by Gasteiger charge is 2.38. The molecule has 0 spiro atoms. The van der Waals surface area contributed by atoms with E-state index in [-0.39, 0.29) is 22.3 Å². The molecule has 21 heavy (non-hydrogen) atoms. The molecule has 0 aliphatic heterocycles. The molecule has 1 fully saturated rings. The van der Waals surface area contributed by atoms with Gasteiger partial charge in [-0.1, -0.05) is 24.4 Å². The largest absolute Gasteiger partial charge is 0.494 e. The molecule has 0 amide bonds. The van der Waals surface area contributed by atoms with Gasteiger partial charge in [-0.15, -0.1) is 0 Å². The standard InChI is InChI=1S/C13H17BrClNO4S/c1-20-12-10(14)6-9(15)7-11(12)21(18,19)16-13(8-17)4-2-3-5-13/h6-7,16-17H,2-5,8H2,1H3. The molecule has 1 aromatic carbocycles. The summed E-state index contributed by atoms with van der Waals surface area (Å²) in [6.07, 6.45) is 3.01. The molecule has 0 saturated heterocycles. The molecular formula is C13H17BrClNO4S. The molecule has 1 aliphatic rings. The van der Waals surface area contributed by atoms with E-state index in [0.717, 1.165) is 12.8 Å². The van der Waals surface area contributed by atoms with E-state index in [0.29, 0.717) is 17.3 Å². The number of aliphatic hydroxyl groups is 1. The summed E-state index contributed by atoms with van der Waals surface area (Å²) in [7, 11) is -2.46. The average Bonchev–Trinajstić information content (AvgIpc) is 2.86. The lowest BCUT2D eigenvalue weighted by atomic mass is 10.0. The Morgan fingerprint density at radius 3 is 2.57 bits per heavy atom. The van der Waals surface area contributed by atoms with Gasteiger partial charge in [0.2, 0.25) is 10.0 Å². The Kier molecular flexibility index (Phi) is 5.20. The fourth-order valence-electron chi connectivity index (χ4n) is 2.62. The van der Waals surface area contributed by atoms with Crippen LogP contribution in [0.5, 0.6) is 5.75 Å². The Balaban J connectivity index is 2.44. The molecule has 0 heterocycles. The highest BCUT2D eigenvalue weighted by molar-refractivity contribution is 9.10. The predicted octanol–water partition coefficient (Wildman–Crippen LogP) is 2.69. The van der Waals surface area contributed by atoms with Crippen molar-refractivity contribution in [3.63, 3.8) is 0 Å². The van der Waals surface area contributed by atoms with Crippen molar-refractivity contribution in [2.45, 2.75) is 36.1 Å². The highest BCUT2D eigenvalue weighted by Crippen LogP contribution is 2.37. The highest BCUT2D eigenvalue weighted by atomic mass is 79.9. The van der Waals surface area contributed by atoms with Crippen molar-refractivity contribution in [1.82, 2.24) is 4.72 Å². The molecule has 8 heteroatoms. The van der Waals surface area contributed by atoms with E-state index < -0.39 is 15.6 Å². The van der Waals surface area contributed by atoms with Crippen LogP contribution in [0.25, 0.3) is 0 Å². The van der Waals surface area contributed by atoms with Gasteiger partial charge in [-0.05, 0) is 40.9 Å². The molecule has 2 rings (SSSR count). The van der Waals surface area contributed by atoms with Gasteiger partial charge in [0.25, 0.3) is 0 Å². The summed E-state index contributed by atoms with van der Waals surface area (Å²) < 4.78 is 33.6. The maximum atomic E-state index is 12.7. The zero-order valence-corrected chi connectivity index (χ0v) is 14.7. The summed E-state index contributed by atoms with van der Waals surface area (Å²) in [5, 5.41) is 9.85. The van der Waals surface area contributed by atoms with Crippen LogP contribution in [0.4, 0.5) is 0 Å². The Morgan fingerprint density at radius 1 is 1.43 bits per heavy atom. The lowest BCUT2D eigenvalue weighted by Crippen LogP contribution is -2.49. The number of nitrogens with one attached hydrogen (secondary N) is 1. The second-order valence-corrected chi connectivity index (χ2v) is 8.11. The first kappa shape index (κ1) is 17.0. The van der Waals surface area contributed by atoms with Crippen LogP contribution < -0.4 is 9.46 Å². The summed E-state index contributed by atoms with van der Waals surface area (Å²) in [4.78, 5) is -0.0379. The summed E-state index contributed by atoms with van der Waals surface area (Å²) in [6.45, 7) is -0.226. The van der Waals surface area contributed by atoms with Gasteiger partial charge in [-0.3, -0.25) is 0 Å². The number of methoxy groups -OCH3 is 1. The third-order valence-corrected chi connectivity index (χ3v) is 6.07. The zero-order valence-electron chi connectivity index (χ0n) is 11.5. The molecule has 2 N–H and O–H groups in total. The Labute approximate surface area is 137 Å². The summed E-state index contributed by atoms with van der Waals surface area (Å²) in [5.74, 6) is 0.193. The fourth-order valence-corrected chi connectivity index (χ4v) is 5.45. The molecule has 0 radical (unpaired) electrons. The second-order valence-electron chi connectivity index (χ2n) is 5.17. The van der Waals surface area contributed by atoms with E-state index in [9.17, 15) is 13.5 Å². The number of hydrogen-bond acceptors (Lipinski definition) is 4. The first-order chi connectivity index (χ1) is 9.83. The number of halogens is 2. The number of ether oxygens (including phenoxy) is 1. The van der Waals surface area contributed by atoms with E-state index in [1.54, 1.807) is 6.07 Å². The zero-order chi connectivity index (χ0) is 15.7.